The molecule has 5 heteroatoms. The van der Waals surface area contributed by atoms with Gasteiger partial charge < -0.3 is 15.7 Å². The summed E-state index contributed by atoms with van der Waals surface area (Å²) in [6.45, 7) is 5.44. The second-order valence-corrected chi connectivity index (χ2v) is 5.02. The van der Waals surface area contributed by atoms with E-state index in [-0.39, 0.29) is 18.4 Å². The lowest BCUT2D eigenvalue weighted by molar-refractivity contribution is -0.138. The lowest BCUT2D eigenvalue weighted by Crippen LogP contribution is -2.51. The molecule has 98 valence electrons. The molecule has 17 heavy (non-hydrogen) atoms. The minimum atomic E-state index is -0.871. The van der Waals surface area contributed by atoms with Crippen molar-refractivity contribution >= 4 is 11.9 Å². The van der Waals surface area contributed by atoms with Crippen molar-refractivity contribution in [2.45, 2.75) is 45.6 Å². The minimum absolute atomic E-state index is 0.00819. The summed E-state index contributed by atoms with van der Waals surface area (Å²) < 4.78 is 0. The summed E-state index contributed by atoms with van der Waals surface area (Å²) in [7, 11) is 0. The van der Waals surface area contributed by atoms with E-state index in [1.54, 1.807) is 0 Å². The Bertz CT molecular complexity index is 285. The summed E-state index contributed by atoms with van der Waals surface area (Å²) in [5.41, 5.74) is -0.399. The highest BCUT2D eigenvalue weighted by Gasteiger charge is 2.35. The molecule has 1 aliphatic rings. The zero-order valence-corrected chi connectivity index (χ0v) is 10.6. The van der Waals surface area contributed by atoms with Crippen molar-refractivity contribution < 1.29 is 14.7 Å². The Labute approximate surface area is 102 Å². The molecular weight excluding hydrogens is 220 g/mol. The highest BCUT2D eigenvalue weighted by molar-refractivity contribution is 5.83. The van der Waals surface area contributed by atoms with E-state index in [2.05, 4.69) is 10.6 Å². The first kappa shape index (κ1) is 14.0. The van der Waals surface area contributed by atoms with Gasteiger partial charge in [-0.15, -0.1) is 0 Å². The zero-order chi connectivity index (χ0) is 12.9. The lowest BCUT2D eigenvalue weighted by Gasteiger charge is -2.34. The third-order valence-corrected chi connectivity index (χ3v) is 3.39. The van der Waals surface area contributed by atoms with Gasteiger partial charge >= 0.3 is 5.97 Å². The molecule has 0 bridgehead atoms. The van der Waals surface area contributed by atoms with Gasteiger partial charge in [0.2, 0.25) is 5.91 Å². The first-order valence-corrected chi connectivity index (χ1v) is 6.21. The van der Waals surface area contributed by atoms with Crippen LogP contribution in [0.1, 0.15) is 39.5 Å². The molecule has 0 aliphatic carbocycles. The third kappa shape index (κ3) is 4.00. The molecule has 0 aromatic carbocycles. The zero-order valence-electron chi connectivity index (χ0n) is 10.6. The number of carboxylic acid groups (broad SMARTS) is 1. The number of hydrogen-bond acceptors (Lipinski definition) is 3. The largest absolute Gasteiger partial charge is 0.481 e. The van der Waals surface area contributed by atoms with E-state index in [0.29, 0.717) is 13.0 Å². The van der Waals surface area contributed by atoms with E-state index in [4.69, 9.17) is 5.11 Å². The van der Waals surface area contributed by atoms with Crippen LogP contribution in [0.2, 0.25) is 0 Å². The van der Waals surface area contributed by atoms with Gasteiger partial charge in [0.1, 0.15) is 0 Å². The molecule has 5 nitrogen and oxygen atoms in total. The molecule has 3 N–H and O–H groups in total. The van der Waals surface area contributed by atoms with Crippen LogP contribution in [0, 0.1) is 5.41 Å². The first-order chi connectivity index (χ1) is 7.98. The van der Waals surface area contributed by atoms with Gasteiger partial charge in [-0.1, -0.05) is 6.92 Å². The van der Waals surface area contributed by atoms with Crippen molar-refractivity contribution in [2.75, 3.05) is 13.1 Å². The van der Waals surface area contributed by atoms with Gasteiger partial charge in [0.15, 0.2) is 0 Å². The van der Waals surface area contributed by atoms with Crippen molar-refractivity contribution in [3.8, 4) is 0 Å². The van der Waals surface area contributed by atoms with Crippen molar-refractivity contribution in [1.29, 1.82) is 0 Å². The van der Waals surface area contributed by atoms with Crippen LogP contribution >= 0.6 is 0 Å². The maximum atomic E-state index is 12.1. The molecule has 1 heterocycles. The third-order valence-electron chi connectivity index (χ3n) is 3.39. The van der Waals surface area contributed by atoms with Gasteiger partial charge in [-0.25, -0.2) is 0 Å². The molecule has 0 aromatic rings. The van der Waals surface area contributed by atoms with Crippen molar-refractivity contribution in [3.63, 3.8) is 0 Å². The number of carbonyl (C=O) groups is 2. The molecule has 1 fully saturated rings. The molecule has 2 atom stereocenters. The van der Waals surface area contributed by atoms with Crippen LogP contribution < -0.4 is 10.6 Å². The highest BCUT2D eigenvalue weighted by atomic mass is 16.4. The molecule has 0 radical (unpaired) electrons. The summed E-state index contributed by atoms with van der Waals surface area (Å²) >= 11 is 0. The lowest BCUT2D eigenvalue weighted by atomic mass is 9.81. The number of piperidine rings is 1. The van der Waals surface area contributed by atoms with Crippen LogP contribution in [0.3, 0.4) is 0 Å². The Kier molecular flexibility index (Phi) is 4.93. The van der Waals surface area contributed by atoms with Crippen LogP contribution in [0.25, 0.3) is 0 Å². The van der Waals surface area contributed by atoms with Crippen LogP contribution in [0.15, 0.2) is 0 Å². The van der Waals surface area contributed by atoms with E-state index in [1.165, 1.54) is 0 Å². The van der Waals surface area contributed by atoms with Crippen molar-refractivity contribution in [3.05, 3.63) is 0 Å². The predicted octanol–water partition coefficient (Wildman–Crippen LogP) is 0.746. The van der Waals surface area contributed by atoms with Crippen molar-refractivity contribution in [2.24, 2.45) is 5.41 Å². The molecule has 0 saturated carbocycles. The fraction of sp³-hybridized carbons (Fsp3) is 0.833. The first-order valence-electron chi connectivity index (χ1n) is 6.21. The fourth-order valence-corrected chi connectivity index (χ4v) is 2.12. The van der Waals surface area contributed by atoms with Gasteiger partial charge in [-0.05, 0) is 32.7 Å². The molecule has 1 rings (SSSR count). The summed E-state index contributed by atoms with van der Waals surface area (Å²) in [5.74, 6) is -0.901. The van der Waals surface area contributed by atoms with Crippen LogP contribution in [-0.4, -0.2) is 36.1 Å². The Hall–Kier alpha value is -1.10. The van der Waals surface area contributed by atoms with Crippen LogP contribution in [-0.2, 0) is 9.59 Å². The van der Waals surface area contributed by atoms with Gasteiger partial charge in [-0.2, -0.15) is 0 Å². The summed E-state index contributed by atoms with van der Waals surface area (Å²) in [4.78, 5) is 22.8. The molecule has 0 aromatic heterocycles. The number of amides is 1. The summed E-state index contributed by atoms with van der Waals surface area (Å²) in [6, 6.07) is -0.265. The number of carbonyl (C=O) groups excluding carboxylic acids is 1. The smallest absolute Gasteiger partial charge is 0.305 e. The van der Waals surface area contributed by atoms with Crippen molar-refractivity contribution in [1.82, 2.24) is 10.6 Å². The number of aliphatic carboxylic acids is 1. The van der Waals surface area contributed by atoms with E-state index < -0.39 is 11.4 Å². The van der Waals surface area contributed by atoms with E-state index >= 15 is 0 Å². The Morgan fingerprint density at radius 2 is 2.24 bits per heavy atom. The van der Waals surface area contributed by atoms with Gasteiger partial charge in [0.25, 0.3) is 0 Å². The second kappa shape index (κ2) is 6.00. The number of carboxylic acids is 1. The maximum absolute atomic E-state index is 12.1. The van der Waals surface area contributed by atoms with E-state index in [9.17, 15) is 9.59 Å². The van der Waals surface area contributed by atoms with Gasteiger partial charge in [-0.3, -0.25) is 9.59 Å². The van der Waals surface area contributed by atoms with Gasteiger partial charge in [0, 0.05) is 12.6 Å². The maximum Gasteiger partial charge on any atom is 0.305 e. The van der Waals surface area contributed by atoms with E-state index in [1.807, 2.05) is 13.8 Å². The monoisotopic (exact) mass is 242 g/mol. The molecule has 1 aliphatic heterocycles. The summed E-state index contributed by atoms with van der Waals surface area (Å²) in [5, 5.41) is 14.8. The van der Waals surface area contributed by atoms with Crippen LogP contribution in [0.4, 0.5) is 0 Å². The average Bonchev–Trinajstić information content (AvgIpc) is 2.28. The van der Waals surface area contributed by atoms with Gasteiger partial charge in [0.05, 0.1) is 11.8 Å². The molecule has 1 amide bonds. The molecular formula is C12H22N2O3. The predicted molar refractivity (Wildman–Crippen MR) is 64.7 cm³/mol. The van der Waals surface area contributed by atoms with Crippen LogP contribution in [0.5, 0.6) is 0 Å². The van der Waals surface area contributed by atoms with E-state index in [0.717, 1.165) is 19.4 Å². The number of hydrogen-bond donors (Lipinski definition) is 3. The standard InChI is InChI=1S/C12H22N2O3/c1-3-9(7-10(15)16)14-11(17)12(2)5-4-6-13-8-12/h9,13H,3-8H2,1-2H3,(H,14,17)(H,15,16). The Morgan fingerprint density at radius 1 is 1.53 bits per heavy atom. The normalized spacial score (nSPS) is 26.2. The highest BCUT2D eigenvalue weighted by Crippen LogP contribution is 2.25. The number of nitrogens with one attached hydrogen (secondary N) is 2. The SMILES string of the molecule is CCC(CC(=O)O)NC(=O)C1(C)CCCNC1. The fourth-order valence-electron chi connectivity index (χ4n) is 2.12. The average molecular weight is 242 g/mol. The molecule has 2 unspecified atom stereocenters. The Balaban J connectivity index is 2.53. The topological polar surface area (TPSA) is 78.4 Å². The Morgan fingerprint density at radius 3 is 2.71 bits per heavy atom. The minimum Gasteiger partial charge on any atom is -0.481 e. The quantitative estimate of drug-likeness (QED) is 0.664. The summed E-state index contributed by atoms with van der Waals surface area (Å²) in [6.07, 6.45) is 2.47. The molecule has 1 saturated heterocycles. The second-order valence-electron chi connectivity index (χ2n) is 5.02. The number of rotatable bonds is 5. The molecule has 0 spiro atoms.